The fourth-order valence-corrected chi connectivity index (χ4v) is 5.22. The van der Waals surface area contributed by atoms with Gasteiger partial charge in [-0.25, -0.2) is 13.8 Å². The Hall–Kier alpha value is -2.51. The molecule has 146 valence electrons. The monoisotopic (exact) mass is 397 g/mol. The van der Waals surface area contributed by atoms with Crippen molar-refractivity contribution < 1.29 is 13.2 Å². The number of rotatable bonds is 4. The number of hydrogen-bond acceptors (Lipinski definition) is 4. The van der Waals surface area contributed by atoms with Gasteiger partial charge in [-0.05, 0) is 61.1 Å². The number of nitrogens with zero attached hydrogens (tertiary/aromatic N) is 2. The number of carbonyl (C=O) groups is 1. The molecular weight excluding hydrogens is 374 g/mol. The Morgan fingerprint density at radius 1 is 0.929 bits per heavy atom. The van der Waals surface area contributed by atoms with E-state index in [1.165, 1.54) is 39.7 Å². The number of aryl methyl sites for hydroxylation is 1. The van der Waals surface area contributed by atoms with E-state index in [0.717, 1.165) is 37.8 Å². The summed E-state index contributed by atoms with van der Waals surface area (Å²) in [5.74, 6) is -0.337. The van der Waals surface area contributed by atoms with Crippen LogP contribution >= 0.6 is 0 Å². The van der Waals surface area contributed by atoms with Gasteiger partial charge in [0.05, 0.1) is 4.90 Å². The van der Waals surface area contributed by atoms with Crippen LogP contribution in [0.15, 0.2) is 58.5 Å². The maximum atomic E-state index is 12.6. The van der Waals surface area contributed by atoms with Crippen molar-refractivity contribution in [3.8, 4) is 0 Å². The van der Waals surface area contributed by atoms with Crippen LogP contribution in [0.3, 0.4) is 0 Å². The Kier molecular flexibility index (Phi) is 5.28. The van der Waals surface area contributed by atoms with Gasteiger partial charge in [0.15, 0.2) is 0 Å². The van der Waals surface area contributed by atoms with Gasteiger partial charge in [-0.2, -0.15) is 9.41 Å². The molecule has 0 saturated carbocycles. The molecule has 1 fully saturated rings. The Bertz CT molecular complexity index is 1010. The highest BCUT2D eigenvalue weighted by atomic mass is 32.2. The zero-order valence-electron chi connectivity index (χ0n) is 15.6. The number of hydrazone groups is 1. The van der Waals surface area contributed by atoms with Gasteiger partial charge in [-0.1, -0.05) is 24.3 Å². The number of fused-ring (bicyclic) bond motifs is 1. The van der Waals surface area contributed by atoms with Crippen molar-refractivity contribution in [2.75, 3.05) is 13.1 Å². The molecule has 1 N–H and O–H groups in total. The summed E-state index contributed by atoms with van der Waals surface area (Å²) in [6.07, 6.45) is 4.27. The lowest BCUT2D eigenvalue weighted by atomic mass is 9.90. The molecule has 2 aromatic rings. The minimum Gasteiger partial charge on any atom is -0.267 e. The van der Waals surface area contributed by atoms with E-state index in [1.807, 2.05) is 12.1 Å². The van der Waals surface area contributed by atoms with E-state index in [0.29, 0.717) is 18.7 Å². The topological polar surface area (TPSA) is 78.8 Å². The molecule has 1 heterocycles. The third-order valence-corrected chi connectivity index (χ3v) is 7.24. The maximum Gasteiger partial charge on any atom is 0.271 e. The van der Waals surface area contributed by atoms with Gasteiger partial charge in [0.1, 0.15) is 0 Å². The van der Waals surface area contributed by atoms with Gasteiger partial charge >= 0.3 is 0 Å². The fraction of sp³-hybridized carbons (Fsp3) is 0.333. The summed E-state index contributed by atoms with van der Waals surface area (Å²) in [5.41, 5.74) is 6.52. The maximum absolute atomic E-state index is 12.6. The second kappa shape index (κ2) is 7.85. The van der Waals surface area contributed by atoms with Crippen LogP contribution in [0.25, 0.3) is 0 Å². The van der Waals surface area contributed by atoms with E-state index in [2.05, 4.69) is 22.7 Å². The average Bonchev–Trinajstić information content (AvgIpc) is 3.28. The summed E-state index contributed by atoms with van der Waals surface area (Å²) >= 11 is 0. The molecule has 1 saturated heterocycles. The molecule has 28 heavy (non-hydrogen) atoms. The number of sulfonamides is 1. The highest BCUT2D eigenvalue weighted by Gasteiger charge is 2.27. The summed E-state index contributed by atoms with van der Waals surface area (Å²) in [5, 5.41) is 4.28. The van der Waals surface area contributed by atoms with Crippen LogP contribution < -0.4 is 5.43 Å². The lowest BCUT2D eigenvalue weighted by molar-refractivity contribution is 0.0954. The zero-order valence-corrected chi connectivity index (χ0v) is 16.4. The first-order valence-corrected chi connectivity index (χ1v) is 11.0. The number of benzene rings is 2. The van der Waals surface area contributed by atoms with Gasteiger partial charge in [-0.15, -0.1) is 0 Å². The lowest BCUT2D eigenvalue weighted by Crippen LogP contribution is -2.28. The van der Waals surface area contributed by atoms with Gasteiger partial charge in [0, 0.05) is 30.8 Å². The Balaban J connectivity index is 1.42. The van der Waals surface area contributed by atoms with Crippen LogP contribution in [-0.2, 0) is 22.9 Å². The average molecular weight is 398 g/mol. The first-order chi connectivity index (χ1) is 13.5. The molecule has 1 amide bonds. The van der Waals surface area contributed by atoms with Crippen LogP contribution in [0.1, 0.15) is 40.7 Å². The Morgan fingerprint density at radius 2 is 1.61 bits per heavy atom. The highest BCUT2D eigenvalue weighted by Crippen LogP contribution is 2.21. The molecule has 0 atom stereocenters. The molecular formula is C21H23N3O3S. The largest absolute Gasteiger partial charge is 0.271 e. The van der Waals surface area contributed by atoms with E-state index < -0.39 is 10.0 Å². The summed E-state index contributed by atoms with van der Waals surface area (Å²) in [7, 11) is -3.46. The second-order valence-corrected chi connectivity index (χ2v) is 9.14. The molecule has 6 nitrogen and oxygen atoms in total. The van der Waals surface area contributed by atoms with Gasteiger partial charge in [-0.3, -0.25) is 4.79 Å². The number of carbonyl (C=O) groups excluding carboxylic acids is 1. The molecule has 0 radical (unpaired) electrons. The van der Waals surface area contributed by atoms with Gasteiger partial charge in [0.25, 0.3) is 5.91 Å². The molecule has 4 rings (SSSR count). The van der Waals surface area contributed by atoms with Crippen LogP contribution in [0, 0.1) is 0 Å². The first-order valence-electron chi connectivity index (χ1n) is 9.57. The minimum atomic E-state index is -3.46. The van der Waals surface area contributed by atoms with Crippen molar-refractivity contribution in [1.29, 1.82) is 0 Å². The standard InChI is InChI=1S/C21H23N3O3S/c25-21(23-22-19-10-7-16-5-1-2-6-18(16)15-19)17-8-11-20(12-9-17)28(26,27)24-13-3-4-14-24/h1-2,5-6,8-9,11-12H,3-4,7,10,13-15H2,(H,23,25)/b22-19+. The van der Waals surface area contributed by atoms with E-state index in [1.54, 1.807) is 0 Å². The SMILES string of the molecule is O=C(N/N=C1\CCc2ccccc2C1)c1ccc(S(=O)(=O)N2CCCC2)cc1. The van der Waals surface area contributed by atoms with E-state index in [9.17, 15) is 13.2 Å². The third kappa shape index (κ3) is 3.86. The smallest absolute Gasteiger partial charge is 0.267 e. The summed E-state index contributed by atoms with van der Waals surface area (Å²) < 4.78 is 26.6. The normalized spacial score (nSPS) is 18.8. The molecule has 1 aliphatic heterocycles. The van der Waals surface area contributed by atoms with E-state index in [-0.39, 0.29) is 10.8 Å². The van der Waals surface area contributed by atoms with Gasteiger partial charge < -0.3 is 0 Å². The first kappa shape index (κ1) is 18.8. The molecule has 1 aliphatic carbocycles. The number of hydrogen-bond donors (Lipinski definition) is 1. The molecule has 0 bridgehead atoms. The number of nitrogens with one attached hydrogen (secondary N) is 1. The van der Waals surface area contributed by atoms with Crippen molar-refractivity contribution in [3.63, 3.8) is 0 Å². The third-order valence-electron chi connectivity index (χ3n) is 5.33. The highest BCUT2D eigenvalue weighted by molar-refractivity contribution is 7.89. The molecule has 7 heteroatoms. The fourth-order valence-electron chi connectivity index (χ4n) is 3.71. The summed E-state index contributed by atoms with van der Waals surface area (Å²) in [6, 6.07) is 14.3. The Labute approximate surface area is 165 Å². The van der Waals surface area contributed by atoms with Crippen molar-refractivity contribution in [3.05, 3.63) is 65.2 Å². The van der Waals surface area contributed by atoms with Crippen LogP contribution in [-0.4, -0.2) is 37.4 Å². The molecule has 2 aliphatic rings. The summed E-state index contributed by atoms with van der Waals surface area (Å²) in [6.45, 7) is 1.12. The van der Waals surface area contributed by atoms with Crippen LogP contribution in [0.4, 0.5) is 0 Å². The second-order valence-electron chi connectivity index (χ2n) is 7.20. The van der Waals surface area contributed by atoms with Gasteiger partial charge in [0.2, 0.25) is 10.0 Å². The molecule has 0 spiro atoms. The van der Waals surface area contributed by atoms with Crippen molar-refractivity contribution in [2.45, 2.75) is 37.0 Å². The summed E-state index contributed by atoms with van der Waals surface area (Å²) in [4.78, 5) is 12.6. The molecule has 2 aromatic carbocycles. The predicted molar refractivity (Wildman–Crippen MR) is 108 cm³/mol. The van der Waals surface area contributed by atoms with Crippen LogP contribution in [0.2, 0.25) is 0 Å². The van der Waals surface area contributed by atoms with Crippen molar-refractivity contribution in [2.24, 2.45) is 5.10 Å². The number of amides is 1. The lowest BCUT2D eigenvalue weighted by Gasteiger charge is -2.17. The van der Waals surface area contributed by atoms with E-state index in [4.69, 9.17) is 0 Å². The van der Waals surface area contributed by atoms with Crippen molar-refractivity contribution >= 4 is 21.6 Å². The van der Waals surface area contributed by atoms with Crippen LogP contribution in [0.5, 0.6) is 0 Å². The molecule has 0 aromatic heterocycles. The Morgan fingerprint density at radius 3 is 2.32 bits per heavy atom. The predicted octanol–water partition coefficient (Wildman–Crippen LogP) is 2.75. The van der Waals surface area contributed by atoms with E-state index >= 15 is 0 Å². The molecule has 0 unspecified atom stereocenters. The minimum absolute atomic E-state index is 0.223. The van der Waals surface area contributed by atoms with Crippen molar-refractivity contribution in [1.82, 2.24) is 9.73 Å². The quantitative estimate of drug-likeness (QED) is 0.806. The zero-order chi connectivity index (χ0) is 19.6.